The van der Waals surface area contributed by atoms with Crippen molar-refractivity contribution in [2.24, 2.45) is 0 Å². The average molecular weight is 383 g/mol. The summed E-state index contributed by atoms with van der Waals surface area (Å²) in [5, 5.41) is 0. The zero-order chi connectivity index (χ0) is 23.8. The van der Waals surface area contributed by atoms with Gasteiger partial charge in [-0.1, -0.05) is 87.5 Å². The maximum Gasteiger partial charge on any atom is 0.148 e. The second kappa shape index (κ2) is 7.69. The van der Waals surface area contributed by atoms with Gasteiger partial charge in [-0.15, -0.1) is 0 Å². The van der Waals surface area contributed by atoms with Gasteiger partial charge in [0, 0.05) is 48.5 Å². The summed E-state index contributed by atoms with van der Waals surface area (Å²) in [7, 11) is 0. The van der Waals surface area contributed by atoms with E-state index in [4.69, 9.17) is 5.48 Å². The van der Waals surface area contributed by atoms with Crippen molar-refractivity contribution in [3.8, 4) is 0 Å². The minimum Gasteiger partial charge on any atom is -0.194 e. The third kappa shape index (κ3) is 3.50. The Hall–Kier alpha value is -3.16. The Kier molecular flexibility index (Phi) is 3.92. The highest BCUT2D eigenvalue weighted by molar-refractivity contribution is 5.81. The molecule has 0 bridgehead atoms. The van der Waals surface area contributed by atoms with Crippen LogP contribution in [0.25, 0.3) is 0 Å². The summed E-state index contributed by atoms with van der Waals surface area (Å²) in [6.45, 7) is 5.76. The van der Waals surface area contributed by atoms with Crippen LogP contribution in [0.4, 0.5) is 22.7 Å². The smallest absolute Gasteiger partial charge is 0.148 e. The lowest BCUT2D eigenvalue weighted by atomic mass is 9.87. The summed E-state index contributed by atoms with van der Waals surface area (Å²) in [6, 6.07) is 29.2. The van der Waals surface area contributed by atoms with Gasteiger partial charge in [-0.25, -0.2) is 0 Å². The van der Waals surface area contributed by atoms with E-state index in [9.17, 15) is 0 Å². The fourth-order valence-corrected chi connectivity index (χ4v) is 3.64. The summed E-state index contributed by atoms with van der Waals surface area (Å²) in [6.07, 6.45) is 0. The molecule has 4 aromatic carbocycles. The first kappa shape index (κ1) is 14.8. The molecule has 0 fully saturated rings. The zero-order valence-electron chi connectivity index (χ0n) is 21.1. The summed E-state index contributed by atoms with van der Waals surface area (Å²) in [4.78, 5) is 0. The molecule has 0 N–H and O–H groups in total. The molecule has 4 aromatic rings. The molecular weight excluding hydrogens is 350 g/mol. The molecule has 0 heterocycles. The molecule has 29 heavy (non-hydrogen) atoms. The number of rotatable bonds is 4. The molecule has 0 spiro atoms. The Balaban J connectivity index is 2.26. The van der Waals surface area contributed by atoms with Crippen LogP contribution in [0.5, 0.6) is 0 Å². The second-order valence-electron chi connectivity index (χ2n) is 8.15. The summed E-state index contributed by atoms with van der Waals surface area (Å²) >= 11 is 0. The van der Waals surface area contributed by atoms with Gasteiger partial charge in [0.25, 0.3) is 0 Å². The van der Waals surface area contributed by atoms with E-state index in [-0.39, 0.29) is 28.7 Å². The molecule has 144 valence electrons. The summed E-state index contributed by atoms with van der Waals surface area (Å²) < 4.78 is 36.0. The van der Waals surface area contributed by atoms with E-state index in [0.29, 0.717) is 11.3 Å². The summed E-state index contributed by atoms with van der Waals surface area (Å²) in [5.41, 5.74) is 2.70. The molecule has 0 aromatic heterocycles. The van der Waals surface area contributed by atoms with Gasteiger partial charge in [0.2, 0.25) is 0 Å². The lowest BCUT2D eigenvalue weighted by Gasteiger charge is -2.37. The van der Waals surface area contributed by atoms with E-state index in [0.717, 1.165) is 17.1 Å². The second-order valence-corrected chi connectivity index (χ2v) is 8.15. The van der Waals surface area contributed by atoms with E-state index in [1.54, 1.807) is 0 Å². The lowest BCUT2D eigenvalue weighted by molar-refractivity contribution is 0.589. The fourth-order valence-electron chi connectivity index (χ4n) is 3.64. The van der Waals surface area contributed by atoms with Crippen LogP contribution in [0.15, 0.2) is 115 Å². The third-order valence-corrected chi connectivity index (χ3v) is 5.13. The van der Waals surface area contributed by atoms with Crippen molar-refractivity contribution in [3.63, 3.8) is 0 Å². The molecule has 0 saturated carbocycles. The molecule has 0 saturated heterocycles. The Labute approximate surface area is 180 Å². The van der Waals surface area contributed by atoms with Gasteiger partial charge in [-0.3, -0.25) is 0 Å². The SMILES string of the molecule is [2H]c1c([2H])c([N+](c2ccccc2)(c2ccccc2)c2ccccc2)c([2H])c([2H])c1C(C)(C)C. The molecule has 0 atom stereocenters. The van der Waals surface area contributed by atoms with E-state index in [1.165, 1.54) is 0 Å². The first-order valence-corrected chi connectivity index (χ1v) is 9.88. The minimum atomic E-state index is -0.528. The predicted octanol–water partition coefficient (Wildman–Crippen LogP) is 8.29. The maximum atomic E-state index is 9.15. The highest BCUT2D eigenvalue weighted by Gasteiger charge is 2.39. The summed E-state index contributed by atoms with van der Waals surface area (Å²) in [5.74, 6) is 0. The van der Waals surface area contributed by atoms with E-state index < -0.39 is 5.41 Å². The van der Waals surface area contributed by atoms with Crippen LogP contribution in [0, 0.1) is 0 Å². The predicted molar refractivity (Wildman–Crippen MR) is 125 cm³/mol. The standard InChI is InChI=1S/C28H28N/c1-28(2,3)23-19-21-27(22-20-23)29(24-13-7-4-8-14-24,25-15-9-5-10-16-25)26-17-11-6-12-18-26/h4-22H,1-3H3/q+1/i19D,20D,21D,22D. The molecule has 1 nitrogen and oxygen atoms in total. The van der Waals surface area contributed by atoms with Gasteiger partial charge >= 0.3 is 0 Å². The molecular formula is C28H28N+. The largest absolute Gasteiger partial charge is 0.194 e. The van der Waals surface area contributed by atoms with Gasteiger partial charge in [0.1, 0.15) is 22.7 Å². The van der Waals surface area contributed by atoms with E-state index in [2.05, 4.69) is 0 Å². The van der Waals surface area contributed by atoms with Crippen molar-refractivity contribution in [1.82, 2.24) is 4.48 Å². The minimum absolute atomic E-state index is 0.00351. The van der Waals surface area contributed by atoms with Gasteiger partial charge in [0.15, 0.2) is 0 Å². The molecule has 1 heteroatoms. The van der Waals surface area contributed by atoms with Crippen molar-refractivity contribution in [2.75, 3.05) is 0 Å². The van der Waals surface area contributed by atoms with Crippen LogP contribution in [-0.4, -0.2) is 0 Å². The highest BCUT2D eigenvalue weighted by Crippen LogP contribution is 2.51. The topological polar surface area (TPSA) is 0 Å². The molecule has 4 rings (SSSR count). The lowest BCUT2D eigenvalue weighted by Crippen LogP contribution is -2.33. The van der Waals surface area contributed by atoms with E-state index >= 15 is 0 Å². The number of benzene rings is 4. The van der Waals surface area contributed by atoms with Crippen LogP contribution in [0.3, 0.4) is 0 Å². The first-order valence-electron chi connectivity index (χ1n) is 11.9. The zero-order valence-corrected chi connectivity index (χ0v) is 17.1. The Morgan fingerprint density at radius 3 is 1.17 bits per heavy atom. The molecule has 0 radical (unpaired) electrons. The van der Waals surface area contributed by atoms with Crippen molar-refractivity contribution >= 4 is 22.7 Å². The van der Waals surface area contributed by atoms with Crippen LogP contribution < -0.4 is 4.48 Å². The molecule has 0 aliphatic carbocycles. The van der Waals surface area contributed by atoms with Crippen molar-refractivity contribution in [1.29, 1.82) is 0 Å². The highest BCUT2D eigenvalue weighted by atomic mass is 15.4. The number of hydrogen-bond donors (Lipinski definition) is 0. The molecule has 0 aliphatic rings. The Bertz CT molecular complexity index is 1140. The number of hydrogen-bond acceptors (Lipinski definition) is 0. The quantitative estimate of drug-likeness (QED) is 0.311. The monoisotopic (exact) mass is 382 g/mol. The van der Waals surface area contributed by atoms with E-state index in [1.807, 2.05) is 112 Å². The normalized spacial score (nSPS) is 13.9. The Morgan fingerprint density at radius 1 is 0.517 bits per heavy atom. The van der Waals surface area contributed by atoms with Crippen LogP contribution in [-0.2, 0) is 5.41 Å². The van der Waals surface area contributed by atoms with Crippen molar-refractivity contribution in [3.05, 3.63) is 121 Å². The number of para-hydroxylation sites is 3. The van der Waals surface area contributed by atoms with Crippen molar-refractivity contribution < 1.29 is 5.48 Å². The van der Waals surface area contributed by atoms with Gasteiger partial charge in [-0.05, 0) is 11.0 Å². The molecule has 0 amide bonds. The third-order valence-electron chi connectivity index (χ3n) is 5.13. The van der Waals surface area contributed by atoms with Crippen molar-refractivity contribution in [2.45, 2.75) is 26.2 Å². The van der Waals surface area contributed by atoms with Gasteiger partial charge in [-0.2, -0.15) is 4.48 Å². The first-order chi connectivity index (χ1) is 15.7. The Morgan fingerprint density at radius 2 is 0.862 bits per heavy atom. The van der Waals surface area contributed by atoms with Gasteiger partial charge in [0.05, 0.1) is 5.48 Å². The van der Waals surface area contributed by atoms with Crippen LogP contribution in [0.1, 0.15) is 31.8 Å². The maximum absolute atomic E-state index is 9.15. The fraction of sp³-hybridized carbons (Fsp3) is 0.143. The van der Waals surface area contributed by atoms with Gasteiger partial charge < -0.3 is 0 Å². The number of quaternary nitrogens is 1. The van der Waals surface area contributed by atoms with Crippen LogP contribution in [0.2, 0.25) is 0 Å². The number of nitrogens with zero attached hydrogens (tertiary/aromatic N) is 1. The molecule has 0 aliphatic heterocycles. The molecule has 0 unspecified atom stereocenters. The average Bonchev–Trinajstić information content (AvgIpc) is 2.81. The van der Waals surface area contributed by atoms with Crippen LogP contribution >= 0.6 is 0 Å².